The van der Waals surface area contributed by atoms with Crippen LogP contribution in [0.15, 0.2) is 71.6 Å². The lowest BCUT2D eigenvalue weighted by atomic mass is 10.1. The third-order valence-corrected chi connectivity index (χ3v) is 5.83. The lowest BCUT2D eigenvalue weighted by Gasteiger charge is -2.12. The van der Waals surface area contributed by atoms with Crippen LogP contribution in [-0.4, -0.2) is 20.1 Å². The highest BCUT2D eigenvalue weighted by atomic mass is 35.5. The Morgan fingerprint density at radius 1 is 0.933 bits per heavy atom. The van der Waals surface area contributed by atoms with E-state index in [-0.39, 0.29) is 27.0 Å². The van der Waals surface area contributed by atoms with Gasteiger partial charge in [0.2, 0.25) is 0 Å². The Morgan fingerprint density at radius 2 is 1.63 bits per heavy atom. The summed E-state index contributed by atoms with van der Waals surface area (Å²) < 4.78 is 40.4. The van der Waals surface area contributed by atoms with Gasteiger partial charge in [0.1, 0.15) is 5.82 Å². The second kappa shape index (κ2) is 8.64. The van der Waals surface area contributed by atoms with Gasteiger partial charge in [-0.1, -0.05) is 23.7 Å². The fourth-order valence-electron chi connectivity index (χ4n) is 2.58. The molecule has 0 aliphatic rings. The molecule has 3 rings (SSSR count). The molecular formula is C21H16ClFN2O4S. The molecule has 0 unspecified atom stereocenters. The van der Waals surface area contributed by atoms with Crippen LogP contribution in [0.25, 0.3) is 0 Å². The SMILES string of the molecule is CC(=O)c1cccc(NC(=O)c2ccc(Cl)c(NS(=O)(=O)c3ccc(F)cc3)c2)c1. The number of sulfonamides is 1. The number of nitrogens with one attached hydrogen (secondary N) is 2. The quantitative estimate of drug-likeness (QED) is 0.535. The molecule has 0 aliphatic heterocycles. The first-order chi connectivity index (χ1) is 14.2. The highest BCUT2D eigenvalue weighted by Crippen LogP contribution is 2.26. The van der Waals surface area contributed by atoms with Gasteiger partial charge in [0.25, 0.3) is 15.9 Å². The summed E-state index contributed by atoms with van der Waals surface area (Å²) in [5, 5.41) is 2.73. The molecule has 3 aromatic carbocycles. The van der Waals surface area contributed by atoms with Crippen LogP contribution < -0.4 is 10.0 Å². The van der Waals surface area contributed by atoms with Gasteiger partial charge >= 0.3 is 0 Å². The summed E-state index contributed by atoms with van der Waals surface area (Å²) in [5.41, 5.74) is 0.989. The number of ketones is 1. The first-order valence-electron chi connectivity index (χ1n) is 8.66. The van der Waals surface area contributed by atoms with Crippen molar-refractivity contribution in [3.63, 3.8) is 0 Å². The summed E-state index contributed by atoms with van der Waals surface area (Å²) in [4.78, 5) is 23.9. The van der Waals surface area contributed by atoms with Gasteiger partial charge in [0.05, 0.1) is 15.6 Å². The third kappa shape index (κ3) is 5.03. The molecule has 0 aromatic heterocycles. The van der Waals surface area contributed by atoms with Crippen LogP contribution in [-0.2, 0) is 10.0 Å². The number of halogens is 2. The average molecular weight is 447 g/mol. The topological polar surface area (TPSA) is 92.3 Å². The van der Waals surface area contributed by atoms with E-state index in [1.807, 2.05) is 0 Å². The van der Waals surface area contributed by atoms with Crippen LogP contribution in [0.1, 0.15) is 27.6 Å². The molecule has 0 bridgehead atoms. The summed E-state index contributed by atoms with van der Waals surface area (Å²) in [7, 11) is -4.04. The van der Waals surface area contributed by atoms with Crippen molar-refractivity contribution in [2.45, 2.75) is 11.8 Å². The van der Waals surface area contributed by atoms with Crippen LogP contribution in [0, 0.1) is 5.82 Å². The Bertz CT molecular complexity index is 1230. The predicted octanol–water partition coefficient (Wildman–Crippen LogP) is 4.73. The van der Waals surface area contributed by atoms with Crippen molar-refractivity contribution in [2.24, 2.45) is 0 Å². The Balaban J connectivity index is 1.84. The van der Waals surface area contributed by atoms with Crippen molar-refractivity contribution < 1.29 is 22.4 Å². The van der Waals surface area contributed by atoms with Gasteiger partial charge in [-0.15, -0.1) is 0 Å². The highest BCUT2D eigenvalue weighted by molar-refractivity contribution is 7.92. The molecule has 0 fully saturated rings. The van der Waals surface area contributed by atoms with Crippen molar-refractivity contribution >= 4 is 44.7 Å². The van der Waals surface area contributed by atoms with E-state index in [0.717, 1.165) is 24.3 Å². The van der Waals surface area contributed by atoms with Crippen molar-refractivity contribution in [2.75, 3.05) is 10.0 Å². The van der Waals surface area contributed by atoms with Crippen LogP contribution in [0.2, 0.25) is 5.02 Å². The van der Waals surface area contributed by atoms with Gasteiger partial charge in [0.15, 0.2) is 5.78 Å². The molecule has 0 spiro atoms. The maximum Gasteiger partial charge on any atom is 0.261 e. The lowest BCUT2D eigenvalue weighted by Crippen LogP contribution is -2.15. The Hall–Kier alpha value is -3.23. The zero-order valence-electron chi connectivity index (χ0n) is 15.6. The van der Waals surface area contributed by atoms with E-state index in [2.05, 4.69) is 10.0 Å². The predicted molar refractivity (Wildman–Crippen MR) is 113 cm³/mol. The number of Topliss-reactive ketones (excluding diaryl/α,β-unsaturated/α-hetero) is 1. The molecule has 30 heavy (non-hydrogen) atoms. The van der Waals surface area contributed by atoms with Gasteiger partial charge in [-0.2, -0.15) is 0 Å². The molecule has 9 heteroatoms. The minimum absolute atomic E-state index is 0.00821. The number of benzene rings is 3. The van der Waals surface area contributed by atoms with Gasteiger partial charge in [-0.25, -0.2) is 12.8 Å². The van der Waals surface area contributed by atoms with E-state index >= 15 is 0 Å². The first-order valence-corrected chi connectivity index (χ1v) is 10.5. The molecule has 154 valence electrons. The number of hydrogen-bond acceptors (Lipinski definition) is 4. The Labute approximate surface area is 177 Å². The van der Waals surface area contributed by atoms with E-state index in [1.165, 1.54) is 31.2 Å². The zero-order valence-corrected chi connectivity index (χ0v) is 17.2. The minimum Gasteiger partial charge on any atom is -0.322 e. The summed E-state index contributed by atoms with van der Waals surface area (Å²) >= 11 is 6.08. The van der Waals surface area contributed by atoms with E-state index < -0.39 is 21.7 Å². The van der Waals surface area contributed by atoms with Crippen molar-refractivity contribution in [1.82, 2.24) is 0 Å². The lowest BCUT2D eigenvalue weighted by molar-refractivity contribution is 0.101. The summed E-state index contributed by atoms with van der Waals surface area (Å²) in [6.45, 7) is 1.42. The van der Waals surface area contributed by atoms with Crippen LogP contribution in [0.5, 0.6) is 0 Å². The fourth-order valence-corrected chi connectivity index (χ4v) is 3.87. The third-order valence-electron chi connectivity index (χ3n) is 4.12. The van der Waals surface area contributed by atoms with E-state index in [1.54, 1.807) is 18.2 Å². The molecule has 3 aromatic rings. The largest absolute Gasteiger partial charge is 0.322 e. The second-order valence-electron chi connectivity index (χ2n) is 6.35. The van der Waals surface area contributed by atoms with Crippen molar-refractivity contribution in [1.29, 1.82) is 0 Å². The van der Waals surface area contributed by atoms with E-state index in [4.69, 9.17) is 11.6 Å². The second-order valence-corrected chi connectivity index (χ2v) is 8.43. The molecule has 0 aliphatic carbocycles. The Morgan fingerprint density at radius 3 is 2.30 bits per heavy atom. The normalized spacial score (nSPS) is 11.0. The summed E-state index contributed by atoms with van der Waals surface area (Å²) in [6.07, 6.45) is 0. The molecule has 1 amide bonds. The molecule has 2 N–H and O–H groups in total. The standard InChI is InChI=1S/C21H16ClFN2O4S/c1-13(26)14-3-2-4-17(11-14)24-21(27)15-5-10-19(22)20(12-15)25-30(28,29)18-8-6-16(23)7-9-18/h2-12,25H,1H3,(H,24,27). The number of anilines is 2. The molecule has 6 nitrogen and oxygen atoms in total. The van der Waals surface area contributed by atoms with Crippen LogP contribution in [0.3, 0.4) is 0 Å². The van der Waals surface area contributed by atoms with Gasteiger partial charge in [-0.3, -0.25) is 14.3 Å². The molecular weight excluding hydrogens is 431 g/mol. The monoisotopic (exact) mass is 446 g/mol. The minimum atomic E-state index is -4.04. The maximum atomic E-state index is 13.1. The molecule has 0 saturated carbocycles. The molecule has 0 saturated heterocycles. The number of hydrogen-bond donors (Lipinski definition) is 2. The smallest absolute Gasteiger partial charge is 0.261 e. The summed E-state index contributed by atoms with van der Waals surface area (Å²) in [5.74, 6) is -1.23. The molecule has 0 atom stereocenters. The van der Waals surface area contributed by atoms with Crippen molar-refractivity contribution in [3.05, 3.63) is 88.7 Å². The van der Waals surface area contributed by atoms with Gasteiger partial charge in [0, 0.05) is 16.8 Å². The Kier molecular flexibility index (Phi) is 6.19. The molecule has 0 heterocycles. The van der Waals surface area contributed by atoms with Crippen LogP contribution >= 0.6 is 11.6 Å². The van der Waals surface area contributed by atoms with Crippen LogP contribution in [0.4, 0.5) is 15.8 Å². The first kappa shape index (κ1) is 21.5. The fraction of sp³-hybridized carbons (Fsp3) is 0.0476. The zero-order chi connectivity index (χ0) is 21.9. The van der Waals surface area contributed by atoms with Crippen molar-refractivity contribution in [3.8, 4) is 0 Å². The average Bonchev–Trinajstić information content (AvgIpc) is 2.70. The summed E-state index contributed by atoms with van der Waals surface area (Å²) in [6, 6.07) is 14.8. The maximum absolute atomic E-state index is 13.1. The number of carbonyl (C=O) groups excluding carboxylic acids is 2. The van der Waals surface area contributed by atoms with E-state index in [9.17, 15) is 22.4 Å². The van der Waals surface area contributed by atoms with Gasteiger partial charge in [-0.05, 0) is 61.5 Å². The van der Waals surface area contributed by atoms with E-state index in [0.29, 0.717) is 11.3 Å². The number of carbonyl (C=O) groups is 2. The van der Waals surface area contributed by atoms with Gasteiger partial charge < -0.3 is 5.32 Å². The number of amides is 1. The highest BCUT2D eigenvalue weighted by Gasteiger charge is 2.17. The molecule has 0 radical (unpaired) electrons. The number of rotatable bonds is 6.